The second-order valence-corrected chi connectivity index (χ2v) is 13.8. The molecular weight excluding hydrogens is 484 g/mol. The largest absolute Gasteiger partial charge is 0.461 e. The third-order valence-corrected chi connectivity index (χ3v) is 8.67. The standard InChI is InChI=1S/C30H46N2O6/c1-9-29-12-11-15-37-26(36)22(29)21-24(34)32(20(17-33)16-19(2)3)23-25(35)31(14-10-13-30(21,23)38-29)28(7,8)18-27(4,5)6/h10-13,19-23,33H,9,14-18H2,1-8H3/t20-,21+,22+,23?,29-,30+/m1/s1. The fraction of sp³-hybridized carbons (Fsp3) is 0.767. The molecule has 212 valence electrons. The molecule has 0 aromatic heterocycles. The Labute approximate surface area is 227 Å². The van der Waals surface area contributed by atoms with E-state index in [9.17, 15) is 19.5 Å². The van der Waals surface area contributed by atoms with Crippen LogP contribution in [0.5, 0.6) is 0 Å². The van der Waals surface area contributed by atoms with Crippen molar-refractivity contribution in [3.63, 3.8) is 0 Å². The maximum Gasteiger partial charge on any atom is 0.313 e. The van der Waals surface area contributed by atoms with E-state index in [0.717, 1.165) is 6.42 Å². The van der Waals surface area contributed by atoms with Gasteiger partial charge >= 0.3 is 5.97 Å². The van der Waals surface area contributed by atoms with E-state index in [0.29, 0.717) is 19.4 Å². The van der Waals surface area contributed by atoms with Crippen molar-refractivity contribution in [1.82, 2.24) is 9.80 Å². The lowest BCUT2D eigenvalue weighted by atomic mass is 9.73. The first-order chi connectivity index (χ1) is 17.6. The van der Waals surface area contributed by atoms with Gasteiger partial charge in [-0.05, 0) is 50.5 Å². The van der Waals surface area contributed by atoms with E-state index in [1.54, 1.807) is 11.0 Å². The normalized spacial score (nSPS) is 34.2. The number of carbonyl (C=O) groups is 3. The van der Waals surface area contributed by atoms with Crippen molar-refractivity contribution in [2.75, 3.05) is 19.8 Å². The zero-order chi connectivity index (χ0) is 28.3. The smallest absolute Gasteiger partial charge is 0.313 e. The minimum Gasteiger partial charge on any atom is -0.461 e. The summed E-state index contributed by atoms with van der Waals surface area (Å²) >= 11 is 0. The zero-order valence-electron chi connectivity index (χ0n) is 24.3. The van der Waals surface area contributed by atoms with Gasteiger partial charge in [0.05, 0.1) is 18.6 Å². The van der Waals surface area contributed by atoms with Gasteiger partial charge in [0.2, 0.25) is 11.8 Å². The number of hydrogen-bond acceptors (Lipinski definition) is 6. The first-order valence-corrected chi connectivity index (χ1v) is 14.1. The molecule has 2 amide bonds. The minimum atomic E-state index is -1.34. The van der Waals surface area contributed by atoms with Gasteiger partial charge in [-0.1, -0.05) is 59.8 Å². The van der Waals surface area contributed by atoms with Crippen molar-refractivity contribution < 1.29 is 29.0 Å². The maximum atomic E-state index is 14.7. The molecule has 38 heavy (non-hydrogen) atoms. The number of amides is 2. The van der Waals surface area contributed by atoms with E-state index in [4.69, 9.17) is 9.47 Å². The maximum absolute atomic E-state index is 14.7. The molecule has 0 aromatic rings. The average Bonchev–Trinajstić information content (AvgIpc) is 3.07. The highest BCUT2D eigenvalue weighted by Crippen LogP contribution is 2.59. The molecule has 0 radical (unpaired) electrons. The molecule has 8 nitrogen and oxygen atoms in total. The number of ether oxygens (including phenoxy) is 2. The Hall–Kier alpha value is -2.19. The Morgan fingerprint density at radius 1 is 1.05 bits per heavy atom. The zero-order valence-corrected chi connectivity index (χ0v) is 24.3. The van der Waals surface area contributed by atoms with E-state index in [1.165, 1.54) is 0 Å². The molecule has 2 fully saturated rings. The second-order valence-electron chi connectivity index (χ2n) is 13.8. The topological polar surface area (TPSA) is 96.4 Å². The molecule has 0 aliphatic carbocycles. The Morgan fingerprint density at radius 2 is 1.74 bits per heavy atom. The first-order valence-electron chi connectivity index (χ1n) is 14.1. The summed E-state index contributed by atoms with van der Waals surface area (Å²) in [6.45, 7) is 16.8. The van der Waals surface area contributed by atoms with Gasteiger partial charge in [-0.15, -0.1) is 0 Å². The first kappa shape index (κ1) is 28.8. The summed E-state index contributed by atoms with van der Waals surface area (Å²) in [7, 11) is 0. The molecule has 1 spiro atoms. The number of aliphatic hydroxyl groups is 1. The van der Waals surface area contributed by atoms with E-state index in [2.05, 4.69) is 34.6 Å². The summed E-state index contributed by atoms with van der Waals surface area (Å²) in [6.07, 6.45) is 9.15. The highest BCUT2D eigenvalue weighted by atomic mass is 16.6. The monoisotopic (exact) mass is 530 g/mol. The van der Waals surface area contributed by atoms with Crippen LogP contribution >= 0.6 is 0 Å². The van der Waals surface area contributed by atoms with Gasteiger partial charge < -0.3 is 24.4 Å². The number of nitrogens with zero attached hydrogens (tertiary/aromatic N) is 2. The Balaban J connectivity index is 1.90. The molecule has 2 saturated heterocycles. The predicted molar refractivity (Wildman–Crippen MR) is 144 cm³/mol. The van der Waals surface area contributed by atoms with Crippen molar-refractivity contribution in [2.24, 2.45) is 23.2 Å². The van der Waals surface area contributed by atoms with Gasteiger partial charge in [0.25, 0.3) is 0 Å². The molecule has 4 rings (SSSR count). The average molecular weight is 531 g/mol. The number of hydrogen-bond donors (Lipinski definition) is 1. The lowest BCUT2D eigenvalue weighted by Crippen LogP contribution is -2.62. The predicted octanol–water partition coefficient (Wildman–Crippen LogP) is 3.48. The van der Waals surface area contributed by atoms with E-state index in [-0.39, 0.29) is 36.4 Å². The summed E-state index contributed by atoms with van der Waals surface area (Å²) < 4.78 is 12.4. The van der Waals surface area contributed by atoms with E-state index < -0.39 is 46.6 Å². The number of likely N-dealkylation sites (tertiary alicyclic amines) is 1. The van der Waals surface area contributed by atoms with E-state index >= 15 is 0 Å². The summed E-state index contributed by atoms with van der Waals surface area (Å²) in [6, 6.07) is -1.57. The lowest BCUT2D eigenvalue weighted by molar-refractivity contribution is -0.163. The Kier molecular flexibility index (Phi) is 7.41. The number of rotatable bonds is 7. The van der Waals surface area contributed by atoms with Crippen molar-refractivity contribution in [1.29, 1.82) is 0 Å². The van der Waals surface area contributed by atoms with Crippen LogP contribution in [0.3, 0.4) is 0 Å². The second kappa shape index (κ2) is 9.77. The van der Waals surface area contributed by atoms with Gasteiger partial charge in [-0.25, -0.2) is 0 Å². The van der Waals surface area contributed by atoms with Gasteiger partial charge in [0.1, 0.15) is 29.8 Å². The molecule has 1 unspecified atom stereocenters. The van der Waals surface area contributed by atoms with Crippen molar-refractivity contribution >= 4 is 17.8 Å². The van der Waals surface area contributed by atoms with Crippen LogP contribution in [0.1, 0.15) is 74.7 Å². The van der Waals surface area contributed by atoms with Crippen molar-refractivity contribution in [3.05, 3.63) is 24.3 Å². The van der Waals surface area contributed by atoms with Gasteiger partial charge in [0.15, 0.2) is 0 Å². The Bertz CT molecular complexity index is 1030. The highest BCUT2D eigenvalue weighted by Gasteiger charge is 2.76. The summed E-state index contributed by atoms with van der Waals surface area (Å²) in [4.78, 5) is 46.0. The van der Waals surface area contributed by atoms with Gasteiger partial charge in [-0.2, -0.15) is 0 Å². The number of fused-ring (bicyclic) bond motifs is 2. The summed E-state index contributed by atoms with van der Waals surface area (Å²) in [5.74, 6) is -2.63. The van der Waals surface area contributed by atoms with Crippen molar-refractivity contribution in [2.45, 2.75) is 103 Å². The molecule has 0 bridgehead atoms. The number of carbonyl (C=O) groups excluding carboxylic acids is 3. The van der Waals surface area contributed by atoms with Crippen LogP contribution in [-0.2, 0) is 23.9 Å². The third kappa shape index (κ3) is 4.51. The molecule has 4 aliphatic heterocycles. The number of aliphatic hydroxyl groups excluding tert-OH is 1. The fourth-order valence-corrected chi connectivity index (χ4v) is 7.69. The van der Waals surface area contributed by atoms with E-state index in [1.807, 2.05) is 43.9 Å². The number of cyclic esters (lactones) is 1. The SMILES string of the molecule is CC[C@@]12C=CCOC(=O)[C@@H]1[C@H]1C(=O)N([C@@H](CO)CC(C)C)C3C(=O)N(C(C)(C)CC(C)(C)C)CC=C[C@@]31O2. The molecule has 0 saturated carbocycles. The third-order valence-electron chi connectivity index (χ3n) is 8.67. The molecule has 4 aliphatic rings. The highest BCUT2D eigenvalue weighted by molar-refractivity contribution is 5.99. The molecule has 4 heterocycles. The molecule has 6 atom stereocenters. The molecule has 1 N–H and O–H groups in total. The lowest BCUT2D eigenvalue weighted by Gasteiger charge is -2.46. The molecule has 8 heteroatoms. The molecule has 0 aromatic carbocycles. The van der Waals surface area contributed by atoms with Crippen molar-refractivity contribution in [3.8, 4) is 0 Å². The summed E-state index contributed by atoms with van der Waals surface area (Å²) in [5.41, 5.74) is -2.93. The summed E-state index contributed by atoms with van der Waals surface area (Å²) in [5, 5.41) is 10.5. The fourth-order valence-electron chi connectivity index (χ4n) is 7.69. The van der Waals surface area contributed by atoms with Crippen LogP contribution in [0.15, 0.2) is 24.3 Å². The Morgan fingerprint density at radius 3 is 2.32 bits per heavy atom. The quantitative estimate of drug-likeness (QED) is 0.400. The van der Waals surface area contributed by atoms with Crippen LogP contribution in [0.2, 0.25) is 0 Å². The van der Waals surface area contributed by atoms with Crippen LogP contribution in [0, 0.1) is 23.2 Å². The van der Waals surface area contributed by atoms with Gasteiger partial charge in [0, 0.05) is 12.1 Å². The van der Waals surface area contributed by atoms with Crippen LogP contribution in [0.25, 0.3) is 0 Å². The van der Waals surface area contributed by atoms with Crippen LogP contribution in [-0.4, -0.2) is 81.3 Å². The van der Waals surface area contributed by atoms with Crippen LogP contribution < -0.4 is 0 Å². The van der Waals surface area contributed by atoms with Crippen LogP contribution in [0.4, 0.5) is 0 Å². The number of esters is 1. The minimum absolute atomic E-state index is 0.0334. The van der Waals surface area contributed by atoms with Gasteiger partial charge in [-0.3, -0.25) is 14.4 Å². The molecular formula is C30H46N2O6.